The Kier molecular flexibility index (Phi) is 5.69. The number of amides is 1. The molecule has 0 aromatic heterocycles. The molecule has 1 atom stereocenters. The van der Waals surface area contributed by atoms with Gasteiger partial charge in [0.25, 0.3) is 0 Å². The predicted octanol–water partition coefficient (Wildman–Crippen LogP) is 6.37. The summed E-state index contributed by atoms with van der Waals surface area (Å²) in [5, 5.41) is 5.48. The summed E-state index contributed by atoms with van der Waals surface area (Å²) in [5.74, 6) is 0.321. The van der Waals surface area contributed by atoms with Crippen molar-refractivity contribution < 1.29 is 14.4 Å². The van der Waals surface area contributed by atoms with Gasteiger partial charge in [-0.15, -0.1) is 0 Å². The number of hydrogen-bond donors (Lipinski definition) is 0. The Hall–Kier alpha value is -2.24. The van der Waals surface area contributed by atoms with Crippen molar-refractivity contribution in [3.63, 3.8) is 0 Å². The third-order valence-corrected chi connectivity index (χ3v) is 6.02. The summed E-state index contributed by atoms with van der Waals surface area (Å²) in [6, 6.07) is 13.7. The minimum atomic E-state index is -0.607. The Morgan fingerprint density at radius 2 is 1.74 bits per heavy atom. The Bertz CT molecular complexity index is 1000. The van der Waals surface area contributed by atoms with Crippen molar-refractivity contribution in [3.05, 3.63) is 69.2 Å². The normalized spacial score (nSPS) is 21.4. The Morgan fingerprint density at radius 3 is 2.32 bits per heavy atom. The first-order valence-corrected chi connectivity index (χ1v) is 11.1. The maximum absolute atomic E-state index is 12.1. The second-order valence-electron chi connectivity index (χ2n) is 9.40. The van der Waals surface area contributed by atoms with Crippen LogP contribution in [0.1, 0.15) is 56.7 Å². The van der Waals surface area contributed by atoms with E-state index in [0.717, 1.165) is 16.8 Å². The predicted molar refractivity (Wildman–Crippen MR) is 123 cm³/mol. The number of oxime groups is 1. The molecule has 5 nitrogen and oxygen atoms in total. The fourth-order valence-corrected chi connectivity index (χ4v) is 4.35. The van der Waals surface area contributed by atoms with E-state index in [9.17, 15) is 4.79 Å². The summed E-state index contributed by atoms with van der Waals surface area (Å²) in [6.45, 7) is 8.96. The fourth-order valence-electron chi connectivity index (χ4n) is 3.82. The molecule has 0 aliphatic carbocycles. The van der Waals surface area contributed by atoms with Crippen molar-refractivity contribution in [2.75, 3.05) is 13.1 Å². The van der Waals surface area contributed by atoms with Crippen molar-refractivity contribution in [2.24, 2.45) is 5.16 Å². The quantitative estimate of drug-likeness (QED) is 0.534. The van der Waals surface area contributed by atoms with Gasteiger partial charge in [0.15, 0.2) is 5.60 Å². The van der Waals surface area contributed by atoms with Crippen LogP contribution in [-0.2, 0) is 15.2 Å². The molecule has 0 radical (unpaired) electrons. The molecular formula is C24H26Cl2N2O3. The Morgan fingerprint density at radius 1 is 1.13 bits per heavy atom. The summed E-state index contributed by atoms with van der Waals surface area (Å²) in [6.07, 6.45) is 0.372. The number of ether oxygens (including phenoxy) is 1. The molecule has 2 aromatic rings. The standard InChI is InChI=1S/C24H26Cl2N2O3/c1-23(2,3)30-22(29)28-13-17(14-28)15-5-7-16(8-6-15)21-12-24(4,31-27-21)18-9-19(25)11-20(26)10-18/h5-11,17H,12-14H2,1-4H3. The minimum Gasteiger partial charge on any atom is -0.444 e. The molecule has 0 saturated carbocycles. The zero-order valence-corrected chi connectivity index (χ0v) is 19.6. The van der Waals surface area contributed by atoms with Crippen molar-refractivity contribution in [2.45, 2.75) is 51.2 Å². The van der Waals surface area contributed by atoms with Crippen molar-refractivity contribution in [1.29, 1.82) is 0 Å². The molecular weight excluding hydrogens is 435 g/mol. The molecule has 2 aromatic carbocycles. The summed E-state index contributed by atoms with van der Waals surface area (Å²) in [5.41, 5.74) is 2.92. The molecule has 1 fully saturated rings. The number of benzene rings is 2. The van der Waals surface area contributed by atoms with E-state index in [4.69, 9.17) is 32.8 Å². The van der Waals surface area contributed by atoms with E-state index >= 15 is 0 Å². The number of rotatable bonds is 3. The molecule has 1 amide bonds. The van der Waals surface area contributed by atoms with Crippen LogP contribution in [-0.4, -0.2) is 35.4 Å². The molecule has 2 aliphatic rings. The molecule has 31 heavy (non-hydrogen) atoms. The topological polar surface area (TPSA) is 51.1 Å². The third kappa shape index (κ3) is 4.83. The molecule has 1 saturated heterocycles. The van der Waals surface area contributed by atoms with Gasteiger partial charge in [0.1, 0.15) is 5.60 Å². The monoisotopic (exact) mass is 460 g/mol. The van der Waals surface area contributed by atoms with Crippen molar-refractivity contribution in [3.8, 4) is 0 Å². The van der Waals surface area contributed by atoms with Crippen LogP contribution in [0.2, 0.25) is 10.0 Å². The van der Waals surface area contributed by atoms with E-state index in [1.807, 2.05) is 39.8 Å². The molecule has 2 heterocycles. The highest BCUT2D eigenvalue weighted by atomic mass is 35.5. The zero-order chi connectivity index (χ0) is 22.4. The summed E-state index contributed by atoms with van der Waals surface area (Å²) in [7, 11) is 0. The summed E-state index contributed by atoms with van der Waals surface area (Å²) in [4.78, 5) is 19.7. The molecule has 7 heteroatoms. The maximum atomic E-state index is 12.1. The highest BCUT2D eigenvalue weighted by Crippen LogP contribution is 2.38. The highest BCUT2D eigenvalue weighted by molar-refractivity contribution is 6.34. The van der Waals surface area contributed by atoms with Gasteiger partial charge in [-0.3, -0.25) is 0 Å². The molecule has 0 spiro atoms. The van der Waals surface area contributed by atoms with Gasteiger partial charge in [0.05, 0.1) is 5.71 Å². The SMILES string of the molecule is CC(C)(C)OC(=O)N1CC(c2ccc(C3=NOC(C)(c4cc(Cl)cc(Cl)c4)C3)cc2)C1. The largest absolute Gasteiger partial charge is 0.444 e. The number of carbonyl (C=O) groups is 1. The lowest BCUT2D eigenvalue weighted by Gasteiger charge is -2.40. The molecule has 1 unspecified atom stereocenters. The Labute approximate surface area is 192 Å². The van der Waals surface area contributed by atoms with Crippen LogP contribution in [0.15, 0.2) is 47.6 Å². The first-order chi connectivity index (χ1) is 14.5. The lowest BCUT2D eigenvalue weighted by atomic mass is 9.87. The van der Waals surface area contributed by atoms with Gasteiger partial charge >= 0.3 is 6.09 Å². The van der Waals surface area contributed by atoms with Gasteiger partial charge < -0.3 is 14.5 Å². The second-order valence-corrected chi connectivity index (χ2v) is 10.3. The summed E-state index contributed by atoms with van der Waals surface area (Å²) >= 11 is 12.3. The number of nitrogens with zero attached hydrogens (tertiary/aromatic N) is 2. The van der Waals surface area contributed by atoms with Gasteiger partial charge in [-0.05, 0) is 57.0 Å². The van der Waals surface area contributed by atoms with Crippen molar-refractivity contribution >= 4 is 35.0 Å². The van der Waals surface area contributed by atoms with E-state index in [2.05, 4.69) is 29.4 Å². The van der Waals surface area contributed by atoms with E-state index < -0.39 is 11.2 Å². The molecule has 2 aliphatic heterocycles. The van der Waals surface area contributed by atoms with Crippen LogP contribution in [0.4, 0.5) is 4.79 Å². The first-order valence-electron chi connectivity index (χ1n) is 10.3. The molecule has 164 valence electrons. The van der Waals surface area contributed by atoms with Gasteiger partial charge in [0, 0.05) is 41.0 Å². The smallest absolute Gasteiger partial charge is 0.410 e. The van der Waals surface area contributed by atoms with E-state index in [-0.39, 0.29) is 6.09 Å². The van der Waals surface area contributed by atoms with Crippen molar-refractivity contribution in [1.82, 2.24) is 4.90 Å². The average molecular weight is 461 g/mol. The highest BCUT2D eigenvalue weighted by Gasteiger charge is 2.38. The van der Waals surface area contributed by atoms with Gasteiger partial charge in [-0.2, -0.15) is 0 Å². The fraction of sp³-hybridized carbons (Fsp3) is 0.417. The van der Waals surface area contributed by atoms with Crippen LogP contribution in [0.25, 0.3) is 0 Å². The zero-order valence-electron chi connectivity index (χ0n) is 18.1. The van der Waals surface area contributed by atoms with Gasteiger partial charge in [-0.25, -0.2) is 4.79 Å². The maximum Gasteiger partial charge on any atom is 0.410 e. The average Bonchev–Trinajstić information content (AvgIpc) is 3.02. The number of hydrogen-bond acceptors (Lipinski definition) is 4. The Balaban J connectivity index is 1.38. The van der Waals surface area contributed by atoms with Crippen LogP contribution in [0, 0.1) is 0 Å². The number of likely N-dealkylation sites (tertiary alicyclic amines) is 1. The molecule has 0 N–H and O–H groups in total. The number of halogens is 2. The van der Waals surface area contributed by atoms with Crippen LogP contribution < -0.4 is 0 Å². The molecule has 0 bridgehead atoms. The van der Waals surface area contributed by atoms with Crippen LogP contribution in [0.3, 0.4) is 0 Å². The lowest BCUT2D eigenvalue weighted by molar-refractivity contribution is -0.00738. The van der Waals surface area contributed by atoms with Crippen LogP contribution >= 0.6 is 23.2 Å². The summed E-state index contributed by atoms with van der Waals surface area (Å²) < 4.78 is 5.42. The van der Waals surface area contributed by atoms with Gasteiger partial charge in [-0.1, -0.05) is 52.6 Å². The first kappa shape index (κ1) is 22.0. The van der Waals surface area contributed by atoms with E-state index in [1.165, 1.54) is 5.56 Å². The minimum absolute atomic E-state index is 0.252. The van der Waals surface area contributed by atoms with E-state index in [0.29, 0.717) is 35.5 Å². The van der Waals surface area contributed by atoms with Crippen LogP contribution in [0.5, 0.6) is 0 Å². The van der Waals surface area contributed by atoms with Gasteiger partial charge in [0.2, 0.25) is 0 Å². The van der Waals surface area contributed by atoms with E-state index in [1.54, 1.807) is 11.0 Å². The molecule has 4 rings (SSSR count). The number of carbonyl (C=O) groups excluding carboxylic acids is 1. The lowest BCUT2D eigenvalue weighted by Crippen LogP contribution is -2.50. The third-order valence-electron chi connectivity index (χ3n) is 5.58. The second kappa shape index (κ2) is 8.03.